The molecule has 4 rings (SSSR count). The van der Waals surface area contributed by atoms with Gasteiger partial charge in [-0.1, -0.05) is 0 Å². The van der Waals surface area contributed by atoms with E-state index in [4.69, 9.17) is 10.1 Å². The summed E-state index contributed by atoms with van der Waals surface area (Å²) in [6.07, 6.45) is 5.30. The van der Waals surface area contributed by atoms with E-state index in [9.17, 15) is 4.39 Å². The van der Waals surface area contributed by atoms with E-state index in [1.54, 1.807) is 6.07 Å². The second-order valence-electron chi connectivity index (χ2n) is 8.27. The maximum atomic E-state index is 13.0. The Balaban J connectivity index is 1.48. The molecule has 1 saturated heterocycles. The van der Waals surface area contributed by atoms with Gasteiger partial charge in [-0.2, -0.15) is 5.10 Å². The fourth-order valence-corrected chi connectivity index (χ4v) is 4.26. The topological polar surface area (TPSA) is 58.9 Å². The zero-order valence-electron chi connectivity index (χ0n) is 18.1. The van der Waals surface area contributed by atoms with Gasteiger partial charge in [-0.15, -0.1) is 0 Å². The largest absolute Gasteiger partial charge is 0.339 e. The van der Waals surface area contributed by atoms with Gasteiger partial charge in [0.2, 0.25) is 0 Å². The minimum Gasteiger partial charge on any atom is -0.339 e. The molecule has 0 amide bonds. The van der Waals surface area contributed by atoms with Gasteiger partial charge >= 0.3 is 0 Å². The van der Waals surface area contributed by atoms with Crippen molar-refractivity contribution in [1.29, 1.82) is 0 Å². The minimum atomic E-state index is -0.347. The Morgan fingerprint density at radius 2 is 1.97 bits per heavy atom. The third-order valence-electron chi connectivity index (χ3n) is 5.82. The zero-order valence-corrected chi connectivity index (χ0v) is 18.1. The first-order valence-corrected chi connectivity index (χ1v) is 10.6. The molecule has 3 aromatic heterocycles. The van der Waals surface area contributed by atoms with Crippen molar-refractivity contribution in [3.05, 3.63) is 65.1 Å². The first-order valence-electron chi connectivity index (χ1n) is 10.6. The molecule has 0 bridgehead atoms. The number of hydrogen-bond acceptors (Lipinski definition) is 5. The molecule has 1 atom stereocenters. The number of rotatable bonds is 6. The zero-order chi connectivity index (χ0) is 21.3. The lowest BCUT2D eigenvalue weighted by atomic mass is 10.1. The lowest BCUT2D eigenvalue weighted by molar-refractivity contribution is 0.243. The monoisotopic (exact) mass is 408 g/mol. The lowest BCUT2D eigenvalue weighted by Crippen LogP contribution is -2.24. The summed E-state index contributed by atoms with van der Waals surface area (Å²) in [5.74, 6) is 0.251. The van der Waals surface area contributed by atoms with Crippen LogP contribution in [0.4, 0.5) is 15.9 Å². The molecule has 1 aliphatic rings. The molecule has 7 heteroatoms. The molecule has 158 valence electrons. The molecule has 3 aromatic rings. The number of aryl methyl sites for hydroxylation is 1. The highest BCUT2D eigenvalue weighted by Gasteiger charge is 2.28. The number of hydrogen-bond donors (Lipinski definition) is 1. The van der Waals surface area contributed by atoms with Crippen molar-refractivity contribution in [1.82, 2.24) is 24.6 Å². The molecule has 0 radical (unpaired) electrons. The molecule has 0 aliphatic carbocycles. The number of halogens is 1. The van der Waals surface area contributed by atoms with Gasteiger partial charge in [0, 0.05) is 23.8 Å². The van der Waals surface area contributed by atoms with Crippen LogP contribution in [0, 0.1) is 19.7 Å². The van der Waals surface area contributed by atoms with Crippen LogP contribution in [0.5, 0.6) is 0 Å². The molecule has 0 spiro atoms. The maximum Gasteiger partial charge on any atom is 0.141 e. The van der Waals surface area contributed by atoms with Gasteiger partial charge in [0.05, 0.1) is 35.5 Å². The summed E-state index contributed by atoms with van der Waals surface area (Å²) < 4.78 is 15.1. The first-order chi connectivity index (χ1) is 14.4. The highest BCUT2D eigenvalue weighted by atomic mass is 19.1. The fourth-order valence-electron chi connectivity index (χ4n) is 4.26. The smallest absolute Gasteiger partial charge is 0.141 e. The van der Waals surface area contributed by atoms with E-state index in [0.29, 0.717) is 17.9 Å². The Bertz CT molecular complexity index is 994. The van der Waals surface area contributed by atoms with Crippen LogP contribution in [-0.4, -0.2) is 31.2 Å². The Morgan fingerprint density at radius 1 is 1.13 bits per heavy atom. The molecule has 0 aromatic carbocycles. The van der Waals surface area contributed by atoms with Crippen LogP contribution in [0.25, 0.3) is 0 Å². The van der Waals surface area contributed by atoms with Crippen molar-refractivity contribution in [2.75, 3.05) is 11.9 Å². The van der Waals surface area contributed by atoms with Crippen molar-refractivity contribution < 1.29 is 4.39 Å². The molecular weight excluding hydrogens is 379 g/mol. The van der Waals surface area contributed by atoms with Gasteiger partial charge in [-0.3, -0.25) is 14.6 Å². The Morgan fingerprint density at radius 3 is 2.60 bits per heavy atom. The summed E-state index contributed by atoms with van der Waals surface area (Å²) in [6, 6.07) is 7.76. The van der Waals surface area contributed by atoms with Crippen molar-refractivity contribution in [2.24, 2.45) is 0 Å². The maximum absolute atomic E-state index is 13.0. The Kier molecular flexibility index (Phi) is 5.81. The average molecular weight is 409 g/mol. The quantitative estimate of drug-likeness (QED) is 0.616. The van der Waals surface area contributed by atoms with E-state index < -0.39 is 0 Å². The Hall–Kier alpha value is -2.80. The van der Waals surface area contributed by atoms with Crippen LogP contribution in [0.15, 0.2) is 36.7 Å². The van der Waals surface area contributed by atoms with Gasteiger partial charge in [0.15, 0.2) is 0 Å². The third-order valence-corrected chi connectivity index (χ3v) is 5.82. The standard InChI is InChI=1S/C23H29FN6/c1-15(2)30-17(4)20(16(3)28-30)14-29-11-5-6-22(29)21-9-8-19(13-25-21)27-23-10-7-18(24)12-26-23/h7-10,12-13,15,22H,5-6,11,14H2,1-4H3,(H,26,27)/t22-/m0/s1. The number of aromatic nitrogens is 4. The average Bonchev–Trinajstić information content (AvgIpc) is 3.30. The summed E-state index contributed by atoms with van der Waals surface area (Å²) >= 11 is 0. The SMILES string of the molecule is Cc1nn(C(C)C)c(C)c1CN1CCC[C@H]1c1ccc(Nc2ccc(F)cn2)cn1. The van der Waals surface area contributed by atoms with Gasteiger partial charge < -0.3 is 5.32 Å². The van der Waals surface area contributed by atoms with Crippen molar-refractivity contribution in [3.63, 3.8) is 0 Å². The van der Waals surface area contributed by atoms with Gasteiger partial charge in [0.1, 0.15) is 11.6 Å². The molecule has 30 heavy (non-hydrogen) atoms. The molecular formula is C23H29FN6. The van der Waals surface area contributed by atoms with Crippen molar-refractivity contribution in [3.8, 4) is 0 Å². The number of anilines is 2. The molecule has 0 unspecified atom stereocenters. The highest BCUT2D eigenvalue weighted by molar-refractivity contribution is 5.54. The van der Waals surface area contributed by atoms with Crippen molar-refractivity contribution >= 4 is 11.5 Å². The molecule has 1 N–H and O–H groups in total. The second-order valence-corrected chi connectivity index (χ2v) is 8.27. The predicted molar refractivity (Wildman–Crippen MR) is 116 cm³/mol. The fraction of sp³-hybridized carbons (Fsp3) is 0.435. The summed E-state index contributed by atoms with van der Waals surface area (Å²) in [4.78, 5) is 11.3. The van der Waals surface area contributed by atoms with E-state index in [1.807, 2.05) is 12.3 Å². The summed E-state index contributed by atoms with van der Waals surface area (Å²) in [6.45, 7) is 10.6. The third kappa shape index (κ3) is 4.21. The van der Waals surface area contributed by atoms with Crippen LogP contribution in [0.3, 0.4) is 0 Å². The molecule has 0 saturated carbocycles. The summed E-state index contributed by atoms with van der Waals surface area (Å²) in [5, 5.41) is 7.91. The van der Waals surface area contributed by atoms with Gasteiger partial charge in [-0.25, -0.2) is 9.37 Å². The van der Waals surface area contributed by atoms with E-state index in [-0.39, 0.29) is 5.82 Å². The molecule has 4 heterocycles. The normalized spacial score (nSPS) is 17.1. The number of pyridine rings is 2. The first kappa shape index (κ1) is 20.5. The Labute approximate surface area is 177 Å². The van der Waals surface area contributed by atoms with Crippen LogP contribution in [0.1, 0.15) is 61.4 Å². The summed E-state index contributed by atoms with van der Waals surface area (Å²) in [7, 11) is 0. The predicted octanol–water partition coefficient (Wildman–Crippen LogP) is 5.09. The summed E-state index contributed by atoms with van der Waals surface area (Å²) in [5.41, 5.74) is 5.62. The van der Waals surface area contributed by atoms with Crippen LogP contribution in [0.2, 0.25) is 0 Å². The van der Waals surface area contributed by atoms with Gasteiger partial charge in [-0.05, 0) is 71.3 Å². The molecule has 6 nitrogen and oxygen atoms in total. The highest BCUT2D eigenvalue weighted by Crippen LogP contribution is 2.34. The second kappa shape index (κ2) is 8.52. The van der Waals surface area contributed by atoms with E-state index in [2.05, 4.69) is 53.6 Å². The molecule has 1 aliphatic heterocycles. The van der Waals surface area contributed by atoms with E-state index >= 15 is 0 Å². The van der Waals surface area contributed by atoms with Crippen LogP contribution < -0.4 is 5.32 Å². The van der Waals surface area contributed by atoms with Crippen LogP contribution in [-0.2, 0) is 6.54 Å². The van der Waals surface area contributed by atoms with E-state index in [0.717, 1.165) is 36.6 Å². The minimum absolute atomic E-state index is 0.309. The number of likely N-dealkylation sites (tertiary alicyclic amines) is 1. The molecule has 1 fully saturated rings. The number of nitrogens with zero attached hydrogens (tertiary/aromatic N) is 5. The van der Waals surface area contributed by atoms with Crippen LogP contribution >= 0.6 is 0 Å². The number of nitrogens with one attached hydrogen (secondary N) is 1. The van der Waals surface area contributed by atoms with Gasteiger partial charge in [0.25, 0.3) is 0 Å². The van der Waals surface area contributed by atoms with E-state index in [1.165, 1.54) is 29.9 Å². The van der Waals surface area contributed by atoms with Crippen molar-refractivity contribution in [2.45, 2.75) is 59.2 Å². The lowest BCUT2D eigenvalue weighted by Gasteiger charge is -2.24.